The number of benzene rings is 2. The van der Waals surface area contributed by atoms with Crippen LogP contribution in [0.1, 0.15) is 49.0 Å². The molecule has 1 aliphatic heterocycles. The largest absolute Gasteiger partial charge is 0.388 e. The van der Waals surface area contributed by atoms with Crippen LogP contribution in [0.25, 0.3) is 0 Å². The summed E-state index contributed by atoms with van der Waals surface area (Å²) in [5, 5.41) is 10.5. The van der Waals surface area contributed by atoms with Gasteiger partial charge in [-0.2, -0.15) is 0 Å². The molecule has 2 heteroatoms. The van der Waals surface area contributed by atoms with E-state index in [1.165, 1.54) is 24.8 Å². The molecule has 1 heterocycles. The molecule has 116 valence electrons. The van der Waals surface area contributed by atoms with Crippen molar-refractivity contribution in [2.24, 2.45) is 0 Å². The van der Waals surface area contributed by atoms with Crippen LogP contribution < -0.4 is 0 Å². The minimum absolute atomic E-state index is 0.372. The molecule has 22 heavy (non-hydrogen) atoms. The van der Waals surface area contributed by atoms with Gasteiger partial charge in [0.15, 0.2) is 0 Å². The molecule has 3 atom stereocenters. The summed E-state index contributed by atoms with van der Waals surface area (Å²) in [4.78, 5) is 2.46. The lowest BCUT2D eigenvalue weighted by molar-refractivity contribution is 0.0611. The molecule has 1 fully saturated rings. The van der Waals surface area contributed by atoms with Crippen molar-refractivity contribution in [1.82, 2.24) is 4.90 Å². The molecule has 1 aliphatic rings. The Morgan fingerprint density at radius 2 is 1.64 bits per heavy atom. The average molecular weight is 295 g/mol. The van der Waals surface area contributed by atoms with Crippen LogP contribution in [0, 0.1) is 0 Å². The van der Waals surface area contributed by atoms with E-state index in [2.05, 4.69) is 42.3 Å². The van der Waals surface area contributed by atoms with E-state index in [1.54, 1.807) is 0 Å². The lowest BCUT2D eigenvalue weighted by Crippen LogP contribution is -2.39. The zero-order valence-corrected chi connectivity index (χ0v) is 13.2. The molecule has 2 nitrogen and oxygen atoms in total. The van der Waals surface area contributed by atoms with Gasteiger partial charge in [0.1, 0.15) is 0 Å². The predicted molar refractivity (Wildman–Crippen MR) is 90.6 cm³/mol. The molecule has 1 saturated heterocycles. The van der Waals surface area contributed by atoms with Gasteiger partial charge in [-0.25, -0.2) is 0 Å². The molecular formula is C20H25NO. The Morgan fingerprint density at radius 3 is 2.32 bits per heavy atom. The molecule has 0 bridgehead atoms. The van der Waals surface area contributed by atoms with Crippen molar-refractivity contribution in [3.63, 3.8) is 0 Å². The number of hydrogen-bond donors (Lipinski definition) is 1. The van der Waals surface area contributed by atoms with Gasteiger partial charge in [0.2, 0.25) is 0 Å². The number of aliphatic hydroxyl groups is 1. The fourth-order valence-electron chi connectivity index (χ4n) is 3.64. The van der Waals surface area contributed by atoms with Crippen LogP contribution in [-0.4, -0.2) is 23.1 Å². The van der Waals surface area contributed by atoms with E-state index in [1.807, 2.05) is 30.3 Å². The first-order valence-electron chi connectivity index (χ1n) is 8.25. The summed E-state index contributed by atoms with van der Waals surface area (Å²) in [5.41, 5.74) is 2.42. The molecule has 0 amide bonds. The van der Waals surface area contributed by atoms with Gasteiger partial charge in [0.25, 0.3) is 0 Å². The first kappa shape index (κ1) is 15.3. The second-order valence-electron chi connectivity index (χ2n) is 6.34. The van der Waals surface area contributed by atoms with Gasteiger partial charge >= 0.3 is 0 Å². The summed E-state index contributed by atoms with van der Waals surface area (Å²) in [7, 11) is 2.21. The predicted octanol–water partition coefficient (Wildman–Crippen LogP) is 4.34. The van der Waals surface area contributed by atoms with Gasteiger partial charge < -0.3 is 5.11 Å². The topological polar surface area (TPSA) is 23.5 Å². The molecule has 0 aliphatic carbocycles. The van der Waals surface area contributed by atoms with Crippen LogP contribution in [0.15, 0.2) is 60.7 Å². The number of aliphatic hydroxyl groups excluding tert-OH is 1. The van der Waals surface area contributed by atoms with E-state index in [0.29, 0.717) is 12.1 Å². The Balaban J connectivity index is 1.69. The maximum atomic E-state index is 10.5. The summed E-state index contributed by atoms with van der Waals surface area (Å²) in [6.45, 7) is 0. The van der Waals surface area contributed by atoms with Crippen molar-refractivity contribution in [3.8, 4) is 0 Å². The highest BCUT2D eigenvalue weighted by atomic mass is 16.3. The smallest absolute Gasteiger partial charge is 0.0805 e. The molecule has 2 aromatic rings. The normalized spacial score (nSPS) is 24.1. The average Bonchev–Trinajstić information content (AvgIpc) is 2.58. The fraction of sp³-hybridized carbons (Fsp3) is 0.400. The summed E-state index contributed by atoms with van der Waals surface area (Å²) >= 11 is 0. The fourth-order valence-corrected chi connectivity index (χ4v) is 3.64. The zero-order chi connectivity index (χ0) is 15.4. The van der Waals surface area contributed by atoms with Crippen LogP contribution in [0.5, 0.6) is 0 Å². The van der Waals surface area contributed by atoms with Crippen LogP contribution in [-0.2, 0) is 0 Å². The Labute approximate surface area is 133 Å². The Morgan fingerprint density at radius 1 is 1.00 bits per heavy atom. The SMILES string of the molecule is CN1C(CC(O)c2ccccc2)CCCC1c1ccccc1. The van der Waals surface area contributed by atoms with E-state index in [0.717, 1.165) is 12.0 Å². The number of piperidine rings is 1. The molecule has 0 spiro atoms. The monoisotopic (exact) mass is 295 g/mol. The van der Waals surface area contributed by atoms with Gasteiger partial charge in [-0.1, -0.05) is 60.7 Å². The van der Waals surface area contributed by atoms with Crippen LogP contribution in [0.3, 0.4) is 0 Å². The quantitative estimate of drug-likeness (QED) is 0.907. The summed E-state index contributed by atoms with van der Waals surface area (Å²) in [6, 6.07) is 21.7. The molecule has 0 saturated carbocycles. The number of hydrogen-bond acceptors (Lipinski definition) is 2. The van der Waals surface area contributed by atoms with Crippen molar-refractivity contribution in [2.45, 2.75) is 43.9 Å². The Bertz CT molecular complexity index is 569. The van der Waals surface area contributed by atoms with Gasteiger partial charge in [0.05, 0.1) is 6.10 Å². The maximum absolute atomic E-state index is 10.5. The van der Waals surface area contributed by atoms with Crippen molar-refractivity contribution < 1.29 is 5.11 Å². The second kappa shape index (κ2) is 7.08. The molecule has 0 aromatic heterocycles. The van der Waals surface area contributed by atoms with Crippen LogP contribution in [0.4, 0.5) is 0 Å². The summed E-state index contributed by atoms with van der Waals surface area (Å²) in [5.74, 6) is 0. The first-order chi connectivity index (χ1) is 10.8. The number of likely N-dealkylation sites (tertiary alicyclic amines) is 1. The molecule has 1 N–H and O–H groups in total. The van der Waals surface area contributed by atoms with E-state index >= 15 is 0 Å². The first-order valence-corrected chi connectivity index (χ1v) is 8.25. The molecule has 2 aromatic carbocycles. The highest BCUT2D eigenvalue weighted by Crippen LogP contribution is 2.36. The lowest BCUT2D eigenvalue weighted by atomic mass is 9.88. The minimum Gasteiger partial charge on any atom is -0.388 e. The molecule has 3 rings (SSSR count). The minimum atomic E-state index is -0.372. The van der Waals surface area contributed by atoms with Crippen molar-refractivity contribution in [2.75, 3.05) is 7.05 Å². The van der Waals surface area contributed by atoms with Crippen molar-refractivity contribution in [1.29, 1.82) is 0 Å². The zero-order valence-electron chi connectivity index (χ0n) is 13.2. The van der Waals surface area contributed by atoms with Crippen molar-refractivity contribution >= 4 is 0 Å². The third-order valence-electron chi connectivity index (χ3n) is 4.95. The van der Waals surface area contributed by atoms with E-state index < -0.39 is 0 Å². The van der Waals surface area contributed by atoms with Gasteiger partial charge in [0, 0.05) is 12.1 Å². The standard InChI is InChI=1S/C20H25NO/c1-21-18(15-20(22)17-11-6-3-7-12-17)13-8-14-19(21)16-9-4-2-5-10-16/h2-7,9-12,18-20,22H,8,13-15H2,1H3. The Hall–Kier alpha value is -1.64. The van der Waals surface area contributed by atoms with Crippen LogP contribution in [0.2, 0.25) is 0 Å². The van der Waals surface area contributed by atoms with Gasteiger partial charge in [-0.15, -0.1) is 0 Å². The lowest BCUT2D eigenvalue weighted by Gasteiger charge is -2.40. The number of nitrogens with zero attached hydrogens (tertiary/aromatic N) is 1. The van der Waals surface area contributed by atoms with Gasteiger partial charge in [-0.05, 0) is 43.9 Å². The third-order valence-corrected chi connectivity index (χ3v) is 4.95. The van der Waals surface area contributed by atoms with E-state index in [4.69, 9.17) is 0 Å². The summed E-state index contributed by atoms with van der Waals surface area (Å²) in [6.07, 6.45) is 4.05. The second-order valence-corrected chi connectivity index (χ2v) is 6.34. The summed E-state index contributed by atoms with van der Waals surface area (Å²) < 4.78 is 0. The number of rotatable bonds is 4. The molecular weight excluding hydrogens is 270 g/mol. The third kappa shape index (κ3) is 3.40. The van der Waals surface area contributed by atoms with Crippen LogP contribution >= 0.6 is 0 Å². The highest BCUT2D eigenvalue weighted by molar-refractivity contribution is 5.20. The highest BCUT2D eigenvalue weighted by Gasteiger charge is 2.30. The molecule has 3 unspecified atom stereocenters. The van der Waals surface area contributed by atoms with E-state index in [-0.39, 0.29) is 6.10 Å². The van der Waals surface area contributed by atoms with Crippen molar-refractivity contribution in [3.05, 3.63) is 71.8 Å². The maximum Gasteiger partial charge on any atom is 0.0805 e. The Kier molecular flexibility index (Phi) is 4.91. The van der Waals surface area contributed by atoms with E-state index in [9.17, 15) is 5.11 Å². The molecule has 0 radical (unpaired) electrons. The van der Waals surface area contributed by atoms with Gasteiger partial charge in [-0.3, -0.25) is 4.90 Å².